The number of carbonyl (C=O) groups excluding carboxylic acids is 1. The lowest BCUT2D eigenvalue weighted by Crippen LogP contribution is -2.34. The highest BCUT2D eigenvalue weighted by Crippen LogP contribution is 2.39. The average Bonchev–Trinajstić information content (AvgIpc) is 3.58. The maximum absolute atomic E-state index is 12.9. The molecule has 1 saturated carbocycles. The quantitative estimate of drug-likeness (QED) is 0.542. The van der Waals surface area contributed by atoms with Gasteiger partial charge in [-0.1, -0.05) is 18.2 Å². The molecule has 0 unspecified atom stereocenters. The first kappa shape index (κ1) is 20.7. The van der Waals surface area contributed by atoms with Crippen LogP contribution in [0.2, 0.25) is 0 Å². The molecule has 3 aromatic rings. The third kappa shape index (κ3) is 5.14. The Balaban J connectivity index is 1.31. The Labute approximate surface area is 180 Å². The van der Waals surface area contributed by atoms with Gasteiger partial charge in [-0.2, -0.15) is 5.10 Å². The lowest BCUT2D eigenvalue weighted by atomic mass is 10.3. The van der Waals surface area contributed by atoms with E-state index in [4.69, 9.17) is 9.47 Å². The standard InChI is InChI=1S/C23H26N4O4/c1-2-30-19-10-12-20(13-11-19)31-16-21(28)24-14-15-26-23(29)27(18-6-4-3-5-7-18)22(25-26)17-8-9-17/h3-7,10-13,17H,2,8-9,14-16H2,1H3,(H,24,28). The van der Waals surface area contributed by atoms with E-state index in [1.807, 2.05) is 37.3 Å². The molecule has 0 bridgehead atoms. The lowest BCUT2D eigenvalue weighted by molar-refractivity contribution is -0.123. The number of benzene rings is 2. The van der Waals surface area contributed by atoms with E-state index in [0.29, 0.717) is 31.4 Å². The topological polar surface area (TPSA) is 87.4 Å². The van der Waals surface area contributed by atoms with Crippen molar-refractivity contribution in [2.75, 3.05) is 19.8 Å². The molecular weight excluding hydrogens is 396 g/mol. The van der Waals surface area contributed by atoms with Gasteiger partial charge in [0.25, 0.3) is 5.91 Å². The van der Waals surface area contributed by atoms with Gasteiger partial charge in [0.1, 0.15) is 17.3 Å². The van der Waals surface area contributed by atoms with Crippen molar-refractivity contribution < 1.29 is 14.3 Å². The molecule has 1 heterocycles. The van der Waals surface area contributed by atoms with Gasteiger partial charge in [0.15, 0.2) is 6.61 Å². The molecule has 1 aliphatic rings. The Bertz CT molecular complexity index is 1070. The Hall–Kier alpha value is -3.55. The monoisotopic (exact) mass is 422 g/mol. The van der Waals surface area contributed by atoms with Crippen molar-refractivity contribution in [3.8, 4) is 17.2 Å². The predicted molar refractivity (Wildman–Crippen MR) is 116 cm³/mol. The Morgan fingerprint density at radius 1 is 1.06 bits per heavy atom. The minimum absolute atomic E-state index is 0.103. The van der Waals surface area contributed by atoms with Crippen molar-refractivity contribution in [1.29, 1.82) is 0 Å². The van der Waals surface area contributed by atoms with Crippen LogP contribution in [0.25, 0.3) is 5.69 Å². The number of ether oxygens (including phenoxy) is 2. The molecular formula is C23H26N4O4. The number of carbonyl (C=O) groups is 1. The minimum Gasteiger partial charge on any atom is -0.494 e. The first-order valence-corrected chi connectivity index (χ1v) is 10.5. The van der Waals surface area contributed by atoms with Gasteiger partial charge in [-0.05, 0) is 56.2 Å². The van der Waals surface area contributed by atoms with E-state index < -0.39 is 0 Å². The van der Waals surface area contributed by atoms with E-state index in [9.17, 15) is 9.59 Å². The summed E-state index contributed by atoms with van der Waals surface area (Å²) < 4.78 is 14.0. The van der Waals surface area contributed by atoms with Gasteiger partial charge in [-0.15, -0.1) is 0 Å². The van der Waals surface area contributed by atoms with E-state index in [0.717, 1.165) is 30.1 Å². The summed E-state index contributed by atoms with van der Waals surface area (Å²) in [5, 5.41) is 7.31. The normalized spacial score (nSPS) is 13.1. The predicted octanol–water partition coefficient (Wildman–Crippen LogP) is 2.51. The van der Waals surface area contributed by atoms with Crippen molar-refractivity contribution in [2.24, 2.45) is 0 Å². The van der Waals surface area contributed by atoms with E-state index >= 15 is 0 Å². The summed E-state index contributed by atoms with van der Waals surface area (Å²) in [6.07, 6.45) is 2.09. The fraction of sp³-hybridized carbons (Fsp3) is 0.348. The van der Waals surface area contributed by atoms with E-state index in [1.54, 1.807) is 28.8 Å². The van der Waals surface area contributed by atoms with Crippen molar-refractivity contribution in [1.82, 2.24) is 19.7 Å². The van der Waals surface area contributed by atoms with E-state index in [1.165, 1.54) is 4.68 Å². The molecule has 8 nitrogen and oxygen atoms in total. The zero-order chi connectivity index (χ0) is 21.6. The molecule has 0 radical (unpaired) electrons. The molecule has 0 saturated heterocycles. The number of hydrogen-bond acceptors (Lipinski definition) is 5. The van der Waals surface area contributed by atoms with Gasteiger partial charge < -0.3 is 14.8 Å². The second-order valence-electron chi connectivity index (χ2n) is 7.35. The number of amides is 1. The number of nitrogens with one attached hydrogen (secondary N) is 1. The summed E-state index contributed by atoms with van der Waals surface area (Å²) in [6.45, 7) is 3.00. The number of para-hydroxylation sites is 1. The highest BCUT2D eigenvalue weighted by Gasteiger charge is 2.31. The molecule has 1 aliphatic carbocycles. The van der Waals surface area contributed by atoms with Crippen LogP contribution in [0.4, 0.5) is 0 Å². The Morgan fingerprint density at radius 3 is 2.39 bits per heavy atom. The third-order valence-corrected chi connectivity index (χ3v) is 4.97. The summed E-state index contributed by atoms with van der Waals surface area (Å²) in [5.41, 5.74) is 0.626. The van der Waals surface area contributed by atoms with Gasteiger partial charge in [-0.3, -0.25) is 4.79 Å². The first-order valence-electron chi connectivity index (χ1n) is 10.5. The van der Waals surface area contributed by atoms with Crippen LogP contribution in [0.5, 0.6) is 11.5 Å². The molecule has 1 aromatic heterocycles. The zero-order valence-electron chi connectivity index (χ0n) is 17.5. The van der Waals surface area contributed by atoms with Crippen molar-refractivity contribution in [3.63, 3.8) is 0 Å². The number of rotatable bonds is 10. The zero-order valence-corrected chi connectivity index (χ0v) is 17.5. The second-order valence-corrected chi connectivity index (χ2v) is 7.35. The number of hydrogen-bond donors (Lipinski definition) is 1. The Morgan fingerprint density at radius 2 is 1.74 bits per heavy atom. The molecule has 1 N–H and O–H groups in total. The fourth-order valence-electron chi connectivity index (χ4n) is 3.30. The van der Waals surface area contributed by atoms with E-state index in [2.05, 4.69) is 10.4 Å². The molecule has 0 atom stereocenters. The van der Waals surface area contributed by atoms with Crippen LogP contribution in [0.15, 0.2) is 59.4 Å². The van der Waals surface area contributed by atoms with Gasteiger partial charge in [0, 0.05) is 12.5 Å². The van der Waals surface area contributed by atoms with Gasteiger partial charge in [0.2, 0.25) is 0 Å². The molecule has 1 fully saturated rings. The summed E-state index contributed by atoms with van der Waals surface area (Å²) in [5.74, 6) is 2.20. The average molecular weight is 422 g/mol. The van der Waals surface area contributed by atoms with Crippen molar-refractivity contribution in [2.45, 2.75) is 32.2 Å². The van der Waals surface area contributed by atoms with Gasteiger partial charge in [0.05, 0.1) is 18.8 Å². The lowest BCUT2D eigenvalue weighted by Gasteiger charge is -2.08. The van der Waals surface area contributed by atoms with Crippen molar-refractivity contribution >= 4 is 5.91 Å². The van der Waals surface area contributed by atoms with E-state index in [-0.39, 0.29) is 18.2 Å². The molecule has 0 spiro atoms. The van der Waals surface area contributed by atoms with Crippen LogP contribution in [0.1, 0.15) is 31.5 Å². The molecule has 1 amide bonds. The molecule has 162 valence electrons. The van der Waals surface area contributed by atoms with Crippen LogP contribution in [-0.4, -0.2) is 40.0 Å². The highest BCUT2D eigenvalue weighted by molar-refractivity contribution is 5.77. The SMILES string of the molecule is CCOc1ccc(OCC(=O)NCCn2nc(C3CC3)n(-c3ccccc3)c2=O)cc1. The summed E-state index contributed by atoms with van der Waals surface area (Å²) in [6, 6.07) is 16.6. The summed E-state index contributed by atoms with van der Waals surface area (Å²) in [7, 11) is 0. The van der Waals surface area contributed by atoms with Crippen LogP contribution >= 0.6 is 0 Å². The summed E-state index contributed by atoms with van der Waals surface area (Å²) >= 11 is 0. The van der Waals surface area contributed by atoms with Gasteiger partial charge >= 0.3 is 5.69 Å². The van der Waals surface area contributed by atoms with Crippen LogP contribution in [0.3, 0.4) is 0 Å². The number of aromatic nitrogens is 3. The molecule has 4 rings (SSSR count). The minimum atomic E-state index is -0.258. The molecule has 8 heteroatoms. The molecule has 2 aromatic carbocycles. The smallest absolute Gasteiger partial charge is 0.350 e. The van der Waals surface area contributed by atoms with Crippen molar-refractivity contribution in [3.05, 3.63) is 70.9 Å². The molecule has 0 aliphatic heterocycles. The van der Waals surface area contributed by atoms with Gasteiger partial charge in [-0.25, -0.2) is 14.0 Å². The highest BCUT2D eigenvalue weighted by atomic mass is 16.5. The second kappa shape index (κ2) is 9.51. The maximum Gasteiger partial charge on any atom is 0.350 e. The first-order chi connectivity index (χ1) is 15.2. The van der Waals surface area contributed by atoms with Crippen LogP contribution < -0.4 is 20.5 Å². The van der Waals surface area contributed by atoms with Crippen LogP contribution in [-0.2, 0) is 11.3 Å². The maximum atomic E-state index is 12.9. The summed E-state index contributed by atoms with van der Waals surface area (Å²) in [4.78, 5) is 25.0. The fourth-order valence-corrected chi connectivity index (χ4v) is 3.30. The largest absolute Gasteiger partial charge is 0.494 e. The van der Waals surface area contributed by atoms with Crippen LogP contribution in [0, 0.1) is 0 Å². The third-order valence-electron chi connectivity index (χ3n) is 4.97. The Kier molecular flexibility index (Phi) is 6.35. The number of nitrogens with zero attached hydrogens (tertiary/aromatic N) is 3. The molecule has 31 heavy (non-hydrogen) atoms.